The number of nitrogens with one attached hydrogen (secondary N) is 2. The highest BCUT2D eigenvalue weighted by Gasteiger charge is 2.29. The second-order valence-corrected chi connectivity index (χ2v) is 5.75. The van der Waals surface area contributed by atoms with E-state index in [4.69, 9.17) is 0 Å². The summed E-state index contributed by atoms with van der Waals surface area (Å²) in [6.07, 6.45) is 3.24. The molecular weight excluding hydrogens is 274 g/mol. The number of carbonyl (C=O) groups is 1. The average Bonchev–Trinajstić information content (AvgIpc) is 2.56. The van der Waals surface area contributed by atoms with Gasteiger partial charge in [0.05, 0.1) is 11.7 Å². The van der Waals surface area contributed by atoms with Crippen LogP contribution in [0.3, 0.4) is 0 Å². The van der Waals surface area contributed by atoms with Gasteiger partial charge in [-0.05, 0) is 30.5 Å². The molecule has 4 nitrogen and oxygen atoms in total. The summed E-state index contributed by atoms with van der Waals surface area (Å²) in [6, 6.07) is 14.4. The number of aromatic nitrogens is 1. The summed E-state index contributed by atoms with van der Waals surface area (Å²) in [5.74, 6) is 0.126. The first-order valence-electron chi connectivity index (χ1n) is 7.72. The fraction of sp³-hybridized carbons (Fsp3) is 0.333. The van der Waals surface area contributed by atoms with Crippen LogP contribution in [0.25, 0.3) is 0 Å². The smallest absolute Gasteiger partial charge is 0.220 e. The number of nitrogens with zero attached hydrogens (tertiary/aromatic N) is 1. The Morgan fingerprint density at radius 2 is 2.05 bits per heavy atom. The zero-order valence-corrected chi connectivity index (χ0v) is 12.8. The lowest BCUT2D eigenvalue weighted by atomic mass is 9.92. The predicted octanol–water partition coefficient (Wildman–Crippen LogP) is 2.50. The fourth-order valence-corrected chi connectivity index (χ4v) is 2.93. The third-order valence-electron chi connectivity index (χ3n) is 4.21. The largest absolute Gasteiger partial charge is 0.348 e. The molecule has 2 N–H and O–H groups in total. The Morgan fingerprint density at radius 1 is 1.23 bits per heavy atom. The summed E-state index contributed by atoms with van der Waals surface area (Å²) >= 11 is 0. The second kappa shape index (κ2) is 6.71. The predicted molar refractivity (Wildman–Crippen MR) is 86.2 cm³/mol. The van der Waals surface area contributed by atoms with Gasteiger partial charge in [-0.15, -0.1) is 0 Å². The number of benzene rings is 1. The monoisotopic (exact) mass is 295 g/mol. The van der Waals surface area contributed by atoms with Crippen molar-refractivity contribution in [2.75, 3.05) is 0 Å². The van der Waals surface area contributed by atoms with E-state index in [0.717, 1.165) is 24.2 Å². The lowest BCUT2D eigenvalue weighted by molar-refractivity contribution is -0.123. The van der Waals surface area contributed by atoms with Crippen LogP contribution >= 0.6 is 0 Å². The van der Waals surface area contributed by atoms with E-state index in [1.165, 1.54) is 5.56 Å². The Labute approximate surface area is 131 Å². The minimum absolute atomic E-state index is 0.0199. The van der Waals surface area contributed by atoms with Crippen LogP contribution in [0.5, 0.6) is 0 Å². The Bertz CT molecular complexity index is 642. The third-order valence-corrected chi connectivity index (χ3v) is 4.21. The summed E-state index contributed by atoms with van der Waals surface area (Å²) in [4.78, 5) is 16.2. The molecule has 4 heteroatoms. The van der Waals surface area contributed by atoms with Gasteiger partial charge in [-0.25, -0.2) is 0 Å². The molecular formula is C18H21N3O. The van der Waals surface area contributed by atoms with Crippen LogP contribution in [-0.2, 0) is 11.3 Å². The SMILES string of the molecule is Cc1cccnc1CN[C@@H]1CCC(=O)N[C@H]1c1ccccc1. The molecule has 1 aliphatic rings. The summed E-state index contributed by atoms with van der Waals surface area (Å²) < 4.78 is 0. The number of rotatable bonds is 4. The van der Waals surface area contributed by atoms with Crippen LogP contribution in [-0.4, -0.2) is 16.9 Å². The van der Waals surface area contributed by atoms with Crippen LogP contribution < -0.4 is 10.6 Å². The Morgan fingerprint density at radius 3 is 2.82 bits per heavy atom. The maximum absolute atomic E-state index is 11.8. The van der Waals surface area contributed by atoms with Crippen LogP contribution in [0.1, 0.15) is 35.7 Å². The molecule has 2 heterocycles. The van der Waals surface area contributed by atoms with Gasteiger partial charge in [-0.1, -0.05) is 36.4 Å². The molecule has 2 atom stereocenters. The molecule has 2 aromatic rings. The van der Waals surface area contributed by atoms with Crippen LogP contribution in [0.15, 0.2) is 48.7 Å². The molecule has 22 heavy (non-hydrogen) atoms. The highest BCUT2D eigenvalue weighted by molar-refractivity contribution is 5.77. The lowest BCUT2D eigenvalue weighted by Crippen LogP contribution is -2.48. The zero-order valence-electron chi connectivity index (χ0n) is 12.8. The molecule has 1 amide bonds. The minimum atomic E-state index is 0.0199. The Balaban J connectivity index is 1.73. The van der Waals surface area contributed by atoms with E-state index in [1.54, 1.807) is 0 Å². The summed E-state index contributed by atoms with van der Waals surface area (Å²) in [7, 11) is 0. The molecule has 3 rings (SSSR count). The molecule has 0 saturated carbocycles. The summed E-state index contributed by atoms with van der Waals surface area (Å²) in [5.41, 5.74) is 3.39. The topological polar surface area (TPSA) is 54.0 Å². The molecule has 0 radical (unpaired) electrons. The molecule has 0 aliphatic carbocycles. The summed E-state index contributed by atoms with van der Waals surface area (Å²) in [5, 5.41) is 6.68. The molecule has 1 saturated heterocycles. The molecule has 0 bridgehead atoms. The van der Waals surface area contributed by atoms with Crippen molar-refractivity contribution in [1.29, 1.82) is 0 Å². The van der Waals surface area contributed by atoms with Crippen LogP contribution in [0.4, 0.5) is 0 Å². The maximum Gasteiger partial charge on any atom is 0.220 e. The number of pyridine rings is 1. The number of hydrogen-bond acceptors (Lipinski definition) is 3. The second-order valence-electron chi connectivity index (χ2n) is 5.75. The van der Waals surface area contributed by atoms with E-state index in [-0.39, 0.29) is 18.0 Å². The molecule has 0 spiro atoms. The maximum atomic E-state index is 11.8. The van der Waals surface area contributed by atoms with Crippen LogP contribution in [0.2, 0.25) is 0 Å². The molecule has 1 aromatic carbocycles. The van der Waals surface area contributed by atoms with E-state index in [1.807, 2.05) is 30.5 Å². The highest BCUT2D eigenvalue weighted by atomic mass is 16.1. The Kier molecular flexibility index (Phi) is 4.49. The van der Waals surface area contributed by atoms with E-state index in [2.05, 4.69) is 40.7 Å². The zero-order chi connectivity index (χ0) is 15.4. The van der Waals surface area contributed by atoms with Gasteiger partial charge >= 0.3 is 0 Å². The van der Waals surface area contributed by atoms with Gasteiger partial charge in [0.25, 0.3) is 0 Å². The fourth-order valence-electron chi connectivity index (χ4n) is 2.93. The van der Waals surface area contributed by atoms with Crippen molar-refractivity contribution in [3.05, 3.63) is 65.5 Å². The van der Waals surface area contributed by atoms with Gasteiger partial charge in [0.15, 0.2) is 0 Å². The van der Waals surface area contributed by atoms with Gasteiger partial charge in [0.1, 0.15) is 0 Å². The van der Waals surface area contributed by atoms with Crippen molar-refractivity contribution in [1.82, 2.24) is 15.6 Å². The lowest BCUT2D eigenvalue weighted by Gasteiger charge is -2.33. The normalized spacial score (nSPS) is 21.4. The first-order valence-corrected chi connectivity index (χ1v) is 7.72. The van der Waals surface area contributed by atoms with Crippen molar-refractivity contribution in [2.24, 2.45) is 0 Å². The van der Waals surface area contributed by atoms with Gasteiger partial charge in [-0.2, -0.15) is 0 Å². The van der Waals surface area contributed by atoms with E-state index < -0.39 is 0 Å². The van der Waals surface area contributed by atoms with Gasteiger partial charge in [0.2, 0.25) is 5.91 Å². The number of carbonyl (C=O) groups excluding carboxylic acids is 1. The Hall–Kier alpha value is -2.20. The first kappa shape index (κ1) is 14.7. The van der Waals surface area contributed by atoms with Gasteiger partial charge in [-0.3, -0.25) is 9.78 Å². The number of aryl methyl sites for hydroxylation is 1. The minimum Gasteiger partial charge on any atom is -0.348 e. The summed E-state index contributed by atoms with van der Waals surface area (Å²) in [6.45, 7) is 2.79. The van der Waals surface area contributed by atoms with E-state index >= 15 is 0 Å². The van der Waals surface area contributed by atoms with Crippen molar-refractivity contribution < 1.29 is 4.79 Å². The van der Waals surface area contributed by atoms with Gasteiger partial charge < -0.3 is 10.6 Å². The molecule has 1 aliphatic heterocycles. The molecule has 1 aromatic heterocycles. The van der Waals surface area contributed by atoms with Crippen molar-refractivity contribution in [2.45, 2.75) is 38.4 Å². The van der Waals surface area contributed by atoms with Crippen molar-refractivity contribution >= 4 is 5.91 Å². The number of piperidine rings is 1. The first-order chi connectivity index (χ1) is 10.7. The van der Waals surface area contributed by atoms with E-state index in [0.29, 0.717) is 6.42 Å². The quantitative estimate of drug-likeness (QED) is 0.911. The molecule has 1 fully saturated rings. The van der Waals surface area contributed by atoms with E-state index in [9.17, 15) is 4.79 Å². The number of hydrogen-bond donors (Lipinski definition) is 2. The van der Waals surface area contributed by atoms with Crippen molar-refractivity contribution in [3.8, 4) is 0 Å². The average molecular weight is 295 g/mol. The van der Waals surface area contributed by atoms with Crippen molar-refractivity contribution in [3.63, 3.8) is 0 Å². The number of amides is 1. The third kappa shape index (κ3) is 3.34. The molecule has 114 valence electrons. The van der Waals surface area contributed by atoms with Gasteiger partial charge in [0, 0.05) is 25.2 Å². The van der Waals surface area contributed by atoms with Crippen LogP contribution in [0, 0.1) is 6.92 Å². The standard InChI is InChI=1S/C18H21N3O/c1-13-6-5-11-19-16(13)12-20-15-9-10-17(22)21-18(15)14-7-3-2-4-8-14/h2-8,11,15,18,20H,9-10,12H2,1H3,(H,21,22)/t15-,18+/m1/s1. The molecule has 0 unspecified atom stereocenters. The highest BCUT2D eigenvalue weighted by Crippen LogP contribution is 2.24.